The maximum atomic E-state index is 12.0. The predicted molar refractivity (Wildman–Crippen MR) is 87.2 cm³/mol. The highest BCUT2D eigenvalue weighted by atomic mass is 16.6. The van der Waals surface area contributed by atoms with Crippen molar-refractivity contribution in [3.63, 3.8) is 0 Å². The van der Waals surface area contributed by atoms with Gasteiger partial charge in [0, 0.05) is 6.42 Å². The van der Waals surface area contributed by atoms with Gasteiger partial charge in [0.05, 0.1) is 0 Å². The van der Waals surface area contributed by atoms with Crippen molar-refractivity contribution in [3.8, 4) is 0 Å². The monoisotopic (exact) mass is 333 g/mol. The number of carbonyl (C=O) groups excluding carboxylic acids is 2. The summed E-state index contributed by atoms with van der Waals surface area (Å²) < 4.78 is 10.2. The number of carbonyl (C=O) groups is 3. The zero-order valence-corrected chi connectivity index (χ0v) is 15.5. The van der Waals surface area contributed by atoms with Crippen molar-refractivity contribution < 1.29 is 29.0 Å². The molecule has 0 saturated heterocycles. The molecule has 136 valence electrons. The van der Waals surface area contributed by atoms with Crippen molar-refractivity contribution in [2.75, 3.05) is 0 Å². The van der Waals surface area contributed by atoms with Gasteiger partial charge in [0.25, 0.3) is 0 Å². The third-order valence-electron chi connectivity index (χ3n) is 2.03. The molecule has 7 nitrogen and oxygen atoms in total. The Hall–Kier alpha value is -1.79. The first-order valence-corrected chi connectivity index (χ1v) is 7.74. The second-order valence-electron chi connectivity index (χ2n) is 6.66. The Labute approximate surface area is 138 Å². The Bertz CT molecular complexity index is 392. The van der Waals surface area contributed by atoms with E-state index in [1.807, 2.05) is 13.8 Å². The minimum absolute atomic E-state index is 0.0660. The number of esters is 1. The summed E-state index contributed by atoms with van der Waals surface area (Å²) in [6.07, 6.45) is -1.12. The molecule has 23 heavy (non-hydrogen) atoms. The summed E-state index contributed by atoms with van der Waals surface area (Å²) in [5, 5.41) is 11.1. The van der Waals surface area contributed by atoms with Crippen LogP contribution in [0.3, 0.4) is 0 Å². The van der Waals surface area contributed by atoms with Gasteiger partial charge in [0.2, 0.25) is 0 Å². The first kappa shape index (κ1) is 23.5. The molecule has 0 aliphatic rings. The van der Waals surface area contributed by atoms with Crippen molar-refractivity contribution in [2.24, 2.45) is 0 Å². The maximum Gasteiger partial charge on any atom is 0.408 e. The summed E-state index contributed by atoms with van der Waals surface area (Å²) in [4.78, 5) is 34.3. The number of nitrogens with one attached hydrogen (secondary N) is 1. The fraction of sp³-hybridized carbons (Fsp3) is 0.812. The van der Waals surface area contributed by atoms with Crippen LogP contribution in [0.2, 0.25) is 0 Å². The van der Waals surface area contributed by atoms with Crippen LogP contribution in [-0.4, -0.2) is 40.4 Å². The summed E-state index contributed by atoms with van der Waals surface area (Å²) in [6, 6.07) is -1.06. The average Bonchev–Trinajstić information content (AvgIpc) is 2.32. The lowest BCUT2D eigenvalue weighted by Crippen LogP contribution is -2.46. The Kier molecular flexibility index (Phi) is 10.3. The first-order chi connectivity index (χ1) is 10.3. The Balaban J connectivity index is 0. The molecule has 0 aromatic heterocycles. The van der Waals surface area contributed by atoms with Crippen LogP contribution in [0.4, 0.5) is 4.79 Å². The van der Waals surface area contributed by atoms with Crippen LogP contribution in [0.5, 0.6) is 0 Å². The Morgan fingerprint density at radius 1 is 0.957 bits per heavy atom. The summed E-state index contributed by atoms with van der Waals surface area (Å²) in [5.41, 5.74) is -1.44. The van der Waals surface area contributed by atoms with E-state index in [1.54, 1.807) is 41.5 Å². The molecule has 2 N–H and O–H groups in total. The molecule has 0 heterocycles. The van der Waals surface area contributed by atoms with Gasteiger partial charge >= 0.3 is 18.0 Å². The maximum absolute atomic E-state index is 12.0. The number of carboxylic acids is 1. The second-order valence-corrected chi connectivity index (χ2v) is 6.66. The number of alkyl carbamates (subject to hydrolysis) is 1. The Morgan fingerprint density at radius 3 is 1.74 bits per heavy atom. The van der Waals surface area contributed by atoms with Crippen LogP contribution in [0.25, 0.3) is 0 Å². The molecule has 0 aromatic carbocycles. The van der Waals surface area contributed by atoms with Crippen LogP contribution >= 0.6 is 0 Å². The van der Waals surface area contributed by atoms with Gasteiger partial charge in [-0.15, -0.1) is 0 Å². The molecule has 0 unspecified atom stereocenters. The number of amides is 1. The lowest BCUT2D eigenvalue weighted by molar-refractivity contribution is -0.157. The highest BCUT2D eigenvalue weighted by Crippen LogP contribution is 2.12. The summed E-state index contributed by atoms with van der Waals surface area (Å²) in [7, 11) is 0. The quantitative estimate of drug-likeness (QED) is 0.750. The van der Waals surface area contributed by atoms with Crippen molar-refractivity contribution in [1.29, 1.82) is 0 Å². The minimum Gasteiger partial charge on any atom is -0.481 e. The number of aliphatic carboxylic acids is 1. The largest absolute Gasteiger partial charge is 0.481 e. The molecule has 0 radical (unpaired) electrons. The summed E-state index contributed by atoms with van der Waals surface area (Å²) in [6.45, 7) is 14.1. The van der Waals surface area contributed by atoms with Crippen LogP contribution in [0, 0.1) is 0 Å². The zero-order valence-electron chi connectivity index (χ0n) is 15.5. The normalized spacial score (nSPS) is 12.3. The van der Waals surface area contributed by atoms with E-state index in [2.05, 4.69) is 5.32 Å². The van der Waals surface area contributed by atoms with E-state index in [-0.39, 0.29) is 12.8 Å². The number of hydrogen-bond acceptors (Lipinski definition) is 5. The number of hydrogen-bond donors (Lipinski definition) is 2. The van der Waals surface area contributed by atoms with Crippen molar-refractivity contribution in [1.82, 2.24) is 5.32 Å². The molecule has 0 aliphatic carbocycles. The van der Waals surface area contributed by atoms with Gasteiger partial charge in [0.1, 0.15) is 17.2 Å². The predicted octanol–water partition coefficient (Wildman–Crippen LogP) is 3.11. The van der Waals surface area contributed by atoms with Crippen molar-refractivity contribution >= 4 is 18.0 Å². The van der Waals surface area contributed by atoms with Crippen LogP contribution in [-0.2, 0) is 19.1 Å². The molecule has 0 bridgehead atoms. The number of carboxylic acid groups (broad SMARTS) is 1. The third kappa shape index (κ3) is 14.9. The first-order valence-electron chi connectivity index (χ1n) is 7.74. The molecule has 0 spiro atoms. The number of rotatable bonds is 5. The van der Waals surface area contributed by atoms with Gasteiger partial charge in [-0.25, -0.2) is 9.59 Å². The van der Waals surface area contributed by atoms with Crippen molar-refractivity contribution in [2.45, 2.75) is 85.5 Å². The molecular weight excluding hydrogens is 302 g/mol. The molecule has 1 amide bonds. The molecule has 1 atom stereocenters. The molecule has 0 aromatic rings. The second kappa shape index (κ2) is 10.1. The van der Waals surface area contributed by atoms with Crippen LogP contribution in [0.1, 0.15) is 68.2 Å². The lowest BCUT2D eigenvalue weighted by atomic mass is 10.1. The standard InChI is InChI=1S/C14H25NO6.C2H6/c1-13(2,3)20-11(18)9(7-8-10(16)17)15-12(19)21-14(4,5)6;1-2/h9H,7-8H2,1-6H3,(H,15,19)(H,16,17);1-2H3/t9-;/m0./s1. The van der Waals surface area contributed by atoms with Crippen LogP contribution in [0.15, 0.2) is 0 Å². The molecule has 0 aliphatic heterocycles. The molecule has 7 heteroatoms. The molecule has 0 fully saturated rings. The average molecular weight is 333 g/mol. The van der Waals surface area contributed by atoms with E-state index in [0.29, 0.717) is 0 Å². The summed E-state index contributed by atoms with van der Waals surface area (Å²) in [5.74, 6) is -1.75. The van der Waals surface area contributed by atoms with Gasteiger partial charge in [-0.1, -0.05) is 13.8 Å². The van der Waals surface area contributed by atoms with E-state index in [1.165, 1.54) is 0 Å². The summed E-state index contributed by atoms with van der Waals surface area (Å²) >= 11 is 0. The highest BCUT2D eigenvalue weighted by molar-refractivity contribution is 5.82. The molecule has 0 rings (SSSR count). The third-order valence-corrected chi connectivity index (χ3v) is 2.03. The number of ether oxygens (including phenoxy) is 2. The topological polar surface area (TPSA) is 102 Å². The molecule has 0 saturated carbocycles. The van der Waals surface area contributed by atoms with E-state index < -0.39 is 35.3 Å². The van der Waals surface area contributed by atoms with Gasteiger partial charge in [-0.3, -0.25) is 4.79 Å². The SMILES string of the molecule is CC.CC(C)(C)OC(=O)N[C@@H](CCC(=O)O)C(=O)OC(C)(C)C. The van der Waals surface area contributed by atoms with Crippen LogP contribution < -0.4 is 5.32 Å². The fourth-order valence-corrected chi connectivity index (χ4v) is 1.34. The smallest absolute Gasteiger partial charge is 0.408 e. The minimum atomic E-state index is -1.06. The highest BCUT2D eigenvalue weighted by Gasteiger charge is 2.28. The van der Waals surface area contributed by atoms with E-state index in [0.717, 1.165) is 0 Å². The molecular formula is C16H31NO6. The Morgan fingerprint density at radius 2 is 1.39 bits per heavy atom. The van der Waals surface area contributed by atoms with Gasteiger partial charge in [0.15, 0.2) is 0 Å². The van der Waals surface area contributed by atoms with E-state index in [4.69, 9.17) is 14.6 Å². The van der Waals surface area contributed by atoms with Gasteiger partial charge in [-0.2, -0.15) is 0 Å². The fourth-order valence-electron chi connectivity index (χ4n) is 1.34. The van der Waals surface area contributed by atoms with Gasteiger partial charge < -0.3 is 19.9 Å². The van der Waals surface area contributed by atoms with Gasteiger partial charge in [-0.05, 0) is 48.0 Å². The van der Waals surface area contributed by atoms with E-state index in [9.17, 15) is 14.4 Å². The zero-order chi connectivity index (χ0) is 18.8. The van der Waals surface area contributed by atoms with Crippen molar-refractivity contribution in [3.05, 3.63) is 0 Å². The van der Waals surface area contributed by atoms with E-state index >= 15 is 0 Å². The lowest BCUT2D eigenvalue weighted by Gasteiger charge is -2.26.